The van der Waals surface area contributed by atoms with E-state index in [9.17, 15) is 4.79 Å². The minimum atomic E-state index is -0.147. The number of halogens is 2. The molecule has 0 bridgehead atoms. The molecule has 0 N–H and O–H groups in total. The molecule has 3 nitrogen and oxygen atoms in total. The van der Waals surface area contributed by atoms with Gasteiger partial charge in [-0.1, -0.05) is 53.5 Å². The molecule has 2 aliphatic rings. The number of benzene rings is 2. The first kappa shape index (κ1) is 22.1. The fraction of sp³-hybridized carbons (Fsp3) is 0.185. The summed E-state index contributed by atoms with van der Waals surface area (Å²) in [5, 5.41) is 9.97. The lowest BCUT2D eigenvalue weighted by Crippen LogP contribution is -2.30. The van der Waals surface area contributed by atoms with Gasteiger partial charge in [-0.05, 0) is 83.8 Å². The number of hydrogen-bond donors (Lipinski definition) is 0. The van der Waals surface area contributed by atoms with E-state index in [1.165, 1.54) is 5.57 Å². The summed E-state index contributed by atoms with van der Waals surface area (Å²) in [5.41, 5.74) is 4.33. The van der Waals surface area contributed by atoms with E-state index in [1.54, 1.807) is 22.4 Å². The van der Waals surface area contributed by atoms with Crippen molar-refractivity contribution in [3.8, 4) is 0 Å². The van der Waals surface area contributed by atoms with E-state index in [-0.39, 0.29) is 17.9 Å². The number of allylic oxidation sites excluding steroid dienone is 1. The van der Waals surface area contributed by atoms with Crippen molar-refractivity contribution in [2.45, 2.75) is 25.3 Å². The molecule has 33 heavy (non-hydrogen) atoms. The van der Waals surface area contributed by atoms with Gasteiger partial charge in [0.1, 0.15) is 0 Å². The Bertz CT molecular complexity index is 1230. The number of hydrogen-bond acceptors (Lipinski definition) is 3. The summed E-state index contributed by atoms with van der Waals surface area (Å²) in [5.74, 6) is 0.0358. The lowest BCUT2D eigenvalue weighted by molar-refractivity contribution is -0.128. The highest BCUT2D eigenvalue weighted by molar-refractivity contribution is 7.10. The predicted octanol–water partition coefficient (Wildman–Crippen LogP) is 7.89. The van der Waals surface area contributed by atoms with Crippen molar-refractivity contribution in [2.24, 2.45) is 11.0 Å². The number of carbonyl (C=O) groups is 1. The molecule has 2 aromatic carbocycles. The van der Waals surface area contributed by atoms with Crippen LogP contribution in [-0.2, 0) is 4.79 Å². The largest absolute Gasteiger partial charge is 0.268 e. The highest BCUT2D eigenvalue weighted by Crippen LogP contribution is 2.44. The highest BCUT2D eigenvalue weighted by Gasteiger charge is 2.43. The Labute approximate surface area is 207 Å². The van der Waals surface area contributed by atoms with Gasteiger partial charge in [-0.25, -0.2) is 5.01 Å². The van der Waals surface area contributed by atoms with Gasteiger partial charge < -0.3 is 0 Å². The molecule has 6 heteroatoms. The van der Waals surface area contributed by atoms with Crippen molar-refractivity contribution in [1.29, 1.82) is 0 Å². The Morgan fingerprint density at radius 2 is 1.76 bits per heavy atom. The van der Waals surface area contributed by atoms with Crippen LogP contribution in [0.2, 0.25) is 10.0 Å². The summed E-state index contributed by atoms with van der Waals surface area (Å²) in [6, 6.07) is 19.4. The number of carbonyl (C=O) groups excluding carboxylic acids is 1. The Morgan fingerprint density at radius 1 is 1.03 bits per heavy atom. The molecule has 3 aromatic rings. The zero-order chi connectivity index (χ0) is 22.8. The van der Waals surface area contributed by atoms with Gasteiger partial charge in [-0.3, -0.25) is 4.79 Å². The minimum absolute atomic E-state index is 0.115. The van der Waals surface area contributed by atoms with Gasteiger partial charge >= 0.3 is 0 Å². The van der Waals surface area contributed by atoms with Crippen LogP contribution in [0.1, 0.15) is 41.3 Å². The van der Waals surface area contributed by atoms with Crippen LogP contribution in [0.3, 0.4) is 0 Å². The lowest BCUT2D eigenvalue weighted by Gasteiger charge is -2.29. The van der Waals surface area contributed by atoms with E-state index in [0.29, 0.717) is 10.0 Å². The van der Waals surface area contributed by atoms with Crippen molar-refractivity contribution in [3.05, 3.63) is 104 Å². The Balaban J connectivity index is 1.52. The summed E-state index contributed by atoms with van der Waals surface area (Å²) < 4.78 is 0. The molecule has 1 fully saturated rings. The second-order valence-electron chi connectivity index (χ2n) is 8.23. The molecule has 1 aliphatic heterocycles. The molecule has 0 spiro atoms. The van der Waals surface area contributed by atoms with E-state index in [0.717, 1.165) is 41.0 Å². The Kier molecular flexibility index (Phi) is 6.50. The number of nitrogens with zero attached hydrogens (tertiary/aromatic N) is 2. The van der Waals surface area contributed by atoms with Gasteiger partial charge in [0, 0.05) is 26.9 Å². The first-order valence-corrected chi connectivity index (χ1v) is 12.6. The minimum Gasteiger partial charge on any atom is -0.268 e. The molecule has 1 saturated carbocycles. The van der Waals surface area contributed by atoms with Crippen molar-refractivity contribution in [1.82, 2.24) is 5.01 Å². The number of amides is 1. The van der Waals surface area contributed by atoms with Crippen molar-refractivity contribution >= 4 is 58.3 Å². The molecule has 2 atom stereocenters. The van der Waals surface area contributed by atoms with Crippen molar-refractivity contribution < 1.29 is 4.79 Å². The number of fused-ring (bicyclic) bond motifs is 1. The molecular formula is C27H22Cl2N2OS. The van der Waals surface area contributed by atoms with Gasteiger partial charge in [-0.15, -0.1) is 11.3 Å². The summed E-state index contributed by atoms with van der Waals surface area (Å²) in [6.07, 6.45) is 8.65. The molecule has 166 valence electrons. The maximum absolute atomic E-state index is 13.3. The molecular weight excluding hydrogens is 471 g/mol. The van der Waals surface area contributed by atoms with E-state index >= 15 is 0 Å². The molecule has 1 aliphatic carbocycles. The van der Waals surface area contributed by atoms with Crippen LogP contribution in [0.4, 0.5) is 0 Å². The van der Waals surface area contributed by atoms with Gasteiger partial charge in [0.2, 0.25) is 0 Å². The quantitative estimate of drug-likeness (QED) is 0.340. The van der Waals surface area contributed by atoms with E-state index in [1.807, 2.05) is 72.1 Å². The van der Waals surface area contributed by atoms with Crippen molar-refractivity contribution in [2.75, 3.05) is 0 Å². The van der Waals surface area contributed by atoms with Gasteiger partial charge in [0.05, 0.1) is 11.8 Å². The van der Waals surface area contributed by atoms with E-state index in [2.05, 4.69) is 6.08 Å². The van der Waals surface area contributed by atoms with Crippen LogP contribution in [0.15, 0.2) is 82.8 Å². The molecule has 0 saturated heterocycles. The van der Waals surface area contributed by atoms with Gasteiger partial charge in [0.15, 0.2) is 0 Å². The zero-order valence-electron chi connectivity index (χ0n) is 17.8. The molecule has 0 radical (unpaired) electrons. The van der Waals surface area contributed by atoms with Crippen LogP contribution < -0.4 is 0 Å². The second-order valence-corrected chi connectivity index (χ2v) is 10.1. The maximum Gasteiger partial charge on any atom is 0.267 e. The van der Waals surface area contributed by atoms with Crippen molar-refractivity contribution in [3.63, 3.8) is 0 Å². The topological polar surface area (TPSA) is 32.7 Å². The third kappa shape index (κ3) is 4.84. The summed E-state index contributed by atoms with van der Waals surface area (Å²) in [4.78, 5) is 14.4. The Hall–Kier alpha value is -2.66. The standard InChI is InChI=1S/C27H22Cl2N2OS/c28-21-10-6-18(7-11-21)17-20-3-1-5-24-26(20)30-31(25(32)15-14-23-4-2-16-33-23)27(24)19-8-12-22(29)13-9-19/h2,4,6-17,24,27H,1,3,5H2. The number of hydrazone groups is 1. The SMILES string of the molecule is O=C(C=Cc1cccs1)N1N=C2C(=Cc3ccc(Cl)cc3)CCCC2C1c1ccc(Cl)cc1. The van der Waals surface area contributed by atoms with Crippen LogP contribution in [0.5, 0.6) is 0 Å². The first-order chi connectivity index (χ1) is 16.1. The van der Waals surface area contributed by atoms with Gasteiger partial charge in [-0.2, -0.15) is 5.10 Å². The van der Waals surface area contributed by atoms with Crippen LogP contribution >= 0.6 is 34.5 Å². The lowest BCUT2D eigenvalue weighted by atomic mass is 9.77. The third-order valence-electron chi connectivity index (χ3n) is 6.08. The average Bonchev–Trinajstić information content (AvgIpc) is 3.48. The molecule has 1 aromatic heterocycles. The number of thiophene rings is 1. The summed E-state index contributed by atoms with van der Waals surface area (Å²) in [6.45, 7) is 0. The molecule has 1 amide bonds. The Morgan fingerprint density at radius 3 is 2.45 bits per heavy atom. The molecule has 2 heterocycles. The fourth-order valence-corrected chi connectivity index (χ4v) is 5.42. The monoisotopic (exact) mass is 492 g/mol. The van der Waals surface area contributed by atoms with Crippen LogP contribution in [0.25, 0.3) is 12.2 Å². The highest BCUT2D eigenvalue weighted by atomic mass is 35.5. The molecule has 5 rings (SSSR count). The van der Waals surface area contributed by atoms with Crippen LogP contribution in [-0.4, -0.2) is 16.6 Å². The van der Waals surface area contributed by atoms with E-state index in [4.69, 9.17) is 28.3 Å². The zero-order valence-corrected chi connectivity index (χ0v) is 20.2. The average molecular weight is 493 g/mol. The molecule has 2 unspecified atom stereocenters. The number of rotatable bonds is 4. The van der Waals surface area contributed by atoms with Crippen LogP contribution in [0, 0.1) is 5.92 Å². The third-order valence-corrected chi connectivity index (χ3v) is 7.42. The maximum atomic E-state index is 13.3. The van der Waals surface area contributed by atoms with E-state index < -0.39 is 0 Å². The second kappa shape index (κ2) is 9.68. The predicted molar refractivity (Wildman–Crippen MR) is 139 cm³/mol. The smallest absolute Gasteiger partial charge is 0.267 e. The summed E-state index contributed by atoms with van der Waals surface area (Å²) in [7, 11) is 0. The summed E-state index contributed by atoms with van der Waals surface area (Å²) >= 11 is 13.8. The van der Waals surface area contributed by atoms with Gasteiger partial charge in [0.25, 0.3) is 5.91 Å². The normalized spacial score (nSPS) is 21.5. The first-order valence-electron chi connectivity index (χ1n) is 10.9. The fourth-order valence-electron chi connectivity index (χ4n) is 4.55.